The number of rotatable bonds is 2. The van der Waals surface area contributed by atoms with Crippen LogP contribution in [0.3, 0.4) is 0 Å². The van der Waals surface area contributed by atoms with Crippen LogP contribution in [0.25, 0.3) is 0 Å². The largest absolute Gasteiger partial charge is 0.388 e. The lowest BCUT2D eigenvalue weighted by Gasteiger charge is -2.36. The summed E-state index contributed by atoms with van der Waals surface area (Å²) < 4.78 is 5.07. The van der Waals surface area contributed by atoms with Gasteiger partial charge in [0.1, 0.15) is 6.10 Å². The summed E-state index contributed by atoms with van der Waals surface area (Å²) >= 11 is 0. The Hall–Kier alpha value is -1.43. The van der Waals surface area contributed by atoms with Gasteiger partial charge in [-0.05, 0) is 19.1 Å². The molecule has 3 N–H and O–H groups in total. The molecule has 18 heavy (non-hydrogen) atoms. The standard InChI is InChI=1S/C13H17NO4/c1-8-12(16)10(7-11(15)18-8)14-13(17)9-5-3-2-4-6-9/h2-6,8,10-12,15-16H,7H2,1H3,(H,14,17)/t8-,10+,11+,12-/m1/s1. The zero-order valence-corrected chi connectivity index (χ0v) is 10.1. The SMILES string of the molecule is C[C@H]1O[C@H](O)C[C@H](NC(=O)c2ccccc2)[C@@H]1O. The third kappa shape index (κ3) is 2.87. The summed E-state index contributed by atoms with van der Waals surface area (Å²) in [5.41, 5.74) is 0.526. The molecule has 5 heteroatoms. The number of aliphatic hydroxyl groups excluding tert-OH is 2. The molecule has 1 aliphatic heterocycles. The van der Waals surface area contributed by atoms with Crippen LogP contribution in [0.1, 0.15) is 23.7 Å². The van der Waals surface area contributed by atoms with E-state index in [-0.39, 0.29) is 12.3 Å². The fourth-order valence-electron chi connectivity index (χ4n) is 2.05. The van der Waals surface area contributed by atoms with Crippen molar-refractivity contribution >= 4 is 5.91 Å². The Morgan fingerprint density at radius 1 is 1.33 bits per heavy atom. The molecule has 0 bridgehead atoms. The highest BCUT2D eigenvalue weighted by Crippen LogP contribution is 2.19. The Labute approximate surface area is 105 Å². The number of nitrogens with one attached hydrogen (secondary N) is 1. The highest BCUT2D eigenvalue weighted by Gasteiger charge is 2.35. The van der Waals surface area contributed by atoms with Gasteiger partial charge in [-0.15, -0.1) is 0 Å². The van der Waals surface area contributed by atoms with E-state index in [1.165, 1.54) is 0 Å². The smallest absolute Gasteiger partial charge is 0.251 e. The van der Waals surface area contributed by atoms with Crippen LogP contribution in [0, 0.1) is 0 Å². The Balaban J connectivity index is 2.02. The van der Waals surface area contributed by atoms with Crippen molar-refractivity contribution in [2.45, 2.75) is 37.9 Å². The second kappa shape index (κ2) is 5.48. The van der Waals surface area contributed by atoms with Gasteiger partial charge in [0, 0.05) is 12.0 Å². The van der Waals surface area contributed by atoms with E-state index in [0.717, 1.165) is 0 Å². The highest BCUT2D eigenvalue weighted by molar-refractivity contribution is 5.94. The van der Waals surface area contributed by atoms with Crippen molar-refractivity contribution in [2.24, 2.45) is 0 Å². The molecule has 0 aromatic heterocycles. The number of aliphatic hydroxyl groups is 2. The van der Waals surface area contributed by atoms with Crippen molar-refractivity contribution < 1.29 is 19.7 Å². The fourth-order valence-corrected chi connectivity index (χ4v) is 2.05. The van der Waals surface area contributed by atoms with Gasteiger partial charge < -0.3 is 20.3 Å². The summed E-state index contributed by atoms with van der Waals surface area (Å²) in [4.78, 5) is 11.9. The van der Waals surface area contributed by atoms with Crippen molar-refractivity contribution in [2.75, 3.05) is 0 Å². The molecule has 0 unspecified atom stereocenters. The van der Waals surface area contributed by atoms with Crippen LogP contribution < -0.4 is 5.32 Å². The van der Waals surface area contributed by atoms with Crippen molar-refractivity contribution in [3.05, 3.63) is 35.9 Å². The van der Waals surface area contributed by atoms with E-state index in [2.05, 4.69) is 5.32 Å². The van der Waals surface area contributed by atoms with E-state index >= 15 is 0 Å². The fraction of sp³-hybridized carbons (Fsp3) is 0.462. The summed E-state index contributed by atoms with van der Waals surface area (Å²) in [5, 5.41) is 22.1. The molecule has 0 aliphatic carbocycles. The van der Waals surface area contributed by atoms with Crippen molar-refractivity contribution in [3.8, 4) is 0 Å². The van der Waals surface area contributed by atoms with Gasteiger partial charge >= 0.3 is 0 Å². The topological polar surface area (TPSA) is 78.8 Å². The van der Waals surface area contributed by atoms with Gasteiger partial charge in [0.05, 0.1) is 12.1 Å². The van der Waals surface area contributed by atoms with Gasteiger partial charge in [0.25, 0.3) is 5.91 Å². The minimum absolute atomic E-state index is 0.185. The number of amides is 1. The Morgan fingerprint density at radius 3 is 2.67 bits per heavy atom. The van der Waals surface area contributed by atoms with Crippen LogP contribution >= 0.6 is 0 Å². The molecule has 5 nitrogen and oxygen atoms in total. The maximum atomic E-state index is 11.9. The third-order valence-electron chi connectivity index (χ3n) is 3.07. The molecule has 2 rings (SSSR count). The molecule has 1 fully saturated rings. The molecule has 98 valence electrons. The van der Waals surface area contributed by atoms with E-state index in [1.807, 2.05) is 6.07 Å². The molecule has 0 saturated carbocycles. The minimum atomic E-state index is -0.954. The minimum Gasteiger partial charge on any atom is -0.388 e. The van der Waals surface area contributed by atoms with Gasteiger partial charge in [0.2, 0.25) is 0 Å². The molecule has 1 aromatic rings. The summed E-state index contributed by atoms with van der Waals surface area (Å²) in [7, 11) is 0. The van der Waals surface area contributed by atoms with Crippen LogP contribution in [0.15, 0.2) is 30.3 Å². The van der Waals surface area contributed by atoms with Crippen molar-refractivity contribution in [3.63, 3.8) is 0 Å². The molecule has 1 amide bonds. The number of hydrogen-bond donors (Lipinski definition) is 3. The first kappa shape index (κ1) is 13.0. The van der Waals surface area contributed by atoms with Gasteiger partial charge in [-0.2, -0.15) is 0 Å². The van der Waals surface area contributed by atoms with E-state index < -0.39 is 24.5 Å². The van der Waals surface area contributed by atoms with Gasteiger partial charge in [0.15, 0.2) is 6.29 Å². The zero-order chi connectivity index (χ0) is 13.1. The Kier molecular flexibility index (Phi) is 3.96. The number of carbonyl (C=O) groups excluding carboxylic acids is 1. The van der Waals surface area contributed by atoms with E-state index in [4.69, 9.17) is 4.74 Å². The highest BCUT2D eigenvalue weighted by atomic mass is 16.6. The zero-order valence-electron chi connectivity index (χ0n) is 10.1. The number of hydrogen-bond acceptors (Lipinski definition) is 4. The monoisotopic (exact) mass is 251 g/mol. The lowest BCUT2D eigenvalue weighted by atomic mass is 9.99. The average molecular weight is 251 g/mol. The first-order chi connectivity index (χ1) is 8.58. The molecule has 1 aromatic carbocycles. The molecule has 4 atom stereocenters. The molecule has 1 heterocycles. The first-order valence-electron chi connectivity index (χ1n) is 5.95. The maximum Gasteiger partial charge on any atom is 0.251 e. The third-order valence-corrected chi connectivity index (χ3v) is 3.07. The van der Waals surface area contributed by atoms with E-state index in [0.29, 0.717) is 5.56 Å². The van der Waals surface area contributed by atoms with Gasteiger partial charge in [-0.1, -0.05) is 18.2 Å². The van der Waals surface area contributed by atoms with Crippen LogP contribution in [-0.4, -0.2) is 40.7 Å². The van der Waals surface area contributed by atoms with Crippen LogP contribution in [-0.2, 0) is 4.74 Å². The summed E-state index contributed by atoms with van der Waals surface area (Å²) in [6.45, 7) is 1.66. The number of ether oxygens (including phenoxy) is 1. The second-order valence-electron chi connectivity index (χ2n) is 4.47. The molecule has 0 spiro atoms. The first-order valence-corrected chi connectivity index (χ1v) is 5.95. The van der Waals surface area contributed by atoms with Crippen molar-refractivity contribution in [1.29, 1.82) is 0 Å². The van der Waals surface area contributed by atoms with Gasteiger partial charge in [-0.3, -0.25) is 4.79 Å². The lowest BCUT2D eigenvalue weighted by molar-refractivity contribution is -0.201. The molecule has 0 radical (unpaired) electrons. The number of benzene rings is 1. The lowest BCUT2D eigenvalue weighted by Crippen LogP contribution is -2.54. The summed E-state index contributed by atoms with van der Waals surface area (Å²) in [6.07, 6.45) is -2.09. The van der Waals surface area contributed by atoms with E-state index in [9.17, 15) is 15.0 Å². The molecular formula is C13H17NO4. The predicted molar refractivity (Wildman–Crippen MR) is 64.9 cm³/mol. The number of carbonyl (C=O) groups is 1. The predicted octanol–water partition coefficient (Wildman–Crippen LogP) is 0.273. The Morgan fingerprint density at radius 2 is 2.00 bits per heavy atom. The summed E-state index contributed by atoms with van der Waals surface area (Å²) in [6, 6.07) is 8.25. The second-order valence-corrected chi connectivity index (χ2v) is 4.47. The normalized spacial score (nSPS) is 31.9. The van der Waals surface area contributed by atoms with Crippen LogP contribution in [0.2, 0.25) is 0 Å². The van der Waals surface area contributed by atoms with Crippen LogP contribution in [0.5, 0.6) is 0 Å². The van der Waals surface area contributed by atoms with E-state index in [1.54, 1.807) is 31.2 Å². The Bertz CT molecular complexity index is 409. The average Bonchev–Trinajstić information content (AvgIpc) is 2.36. The maximum absolute atomic E-state index is 11.9. The quantitative estimate of drug-likeness (QED) is 0.705. The molecule has 1 saturated heterocycles. The van der Waals surface area contributed by atoms with Crippen molar-refractivity contribution in [1.82, 2.24) is 5.32 Å². The van der Waals surface area contributed by atoms with Gasteiger partial charge in [-0.25, -0.2) is 0 Å². The summed E-state index contributed by atoms with van der Waals surface area (Å²) in [5.74, 6) is -0.263. The van der Waals surface area contributed by atoms with Crippen LogP contribution in [0.4, 0.5) is 0 Å². The molecular weight excluding hydrogens is 234 g/mol. The molecule has 1 aliphatic rings.